The van der Waals surface area contributed by atoms with Gasteiger partial charge in [0, 0.05) is 14.9 Å². The highest BCUT2D eigenvalue weighted by Gasteiger charge is 2.37. The molecule has 1 atom stereocenters. The molecule has 1 aliphatic rings. The molecular weight excluding hydrogens is 429 g/mol. The Bertz CT molecular complexity index is 913. The number of allylic oxidation sites excluding steroid dienone is 2. The molecule has 0 aromatic heterocycles. The minimum Gasteiger partial charge on any atom is -0.327 e. The zero-order chi connectivity index (χ0) is 17.8. The Balaban J connectivity index is 1.95. The standard InChI is InChI=1S/C24H20IN/c25-21-14-16-23(17-15-21)26(22-12-6-2-7-13-22)24(18-8-3-9-19-24)20-10-4-1-5-11-20/h1-18H,19H2. The molecule has 2 heteroatoms. The zero-order valence-corrected chi connectivity index (χ0v) is 16.6. The van der Waals surface area contributed by atoms with E-state index in [2.05, 4.69) is 137 Å². The van der Waals surface area contributed by atoms with E-state index in [4.69, 9.17) is 0 Å². The zero-order valence-electron chi connectivity index (χ0n) is 14.4. The van der Waals surface area contributed by atoms with Crippen LogP contribution in [0.1, 0.15) is 12.0 Å². The minimum atomic E-state index is -0.246. The number of para-hydroxylation sites is 1. The van der Waals surface area contributed by atoms with Crippen LogP contribution in [0.4, 0.5) is 11.4 Å². The van der Waals surface area contributed by atoms with Gasteiger partial charge in [-0.05, 0) is 71.0 Å². The fourth-order valence-electron chi connectivity index (χ4n) is 3.62. The summed E-state index contributed by atoms with van der Waals surface area (Å²) in [7, 11) is 0. The fourth-order valence-corrected chi connectivity index (χ4v) is 3.98. The lowest BCUT2D eigenvalue weighted by Gasteiger charge is -2.44. The molecule has 1 nitrogen and oxygen atoms in total. The maximum absolute atomic E-state index is 2.46. The number of halogens is 1. The van der Waals surface area contributed by atoms with Gasteiger partial charge in [0.25, 0.3) is 0 Å². The van der Waals surface area contributed by atoms with Gasteiger partial charge in [-0.1, -0.05) is 72.8 Å². The van der Waals surface area contributed by atoms with Gasteiger partial charge in [0.05, 0.1) is 5.54 Å². The smallest absolute Gasteiger partial charge is 0.0923 e. The number of benzene rings is 3. The SMILES string of the molecule is Ic1ccc(N(c2ccccc2)C2(c3ccccc3)C=CC=CC2)cc1. The normalized spacial score (nSPS) is 18.7. The van der Waals surface area contributed by atoms with E-state index >= 15 is 0 Å². The van der Waals surface area contributed by atoms with E-state index < -0.39 is 0 Å². The molecule has 0 heterocycles. The van der Waals surface area contributed by atoms with E-state index in [1.54, 1.807) is 0 Å². The van der Waals surface area contributed by atoms with Crippen LogP contribution in [-0.2, 0) is 5.54 Å². The van der Waals surface area contributed by atoms with Crippen LogP contribution in [-0.4, -0.2) is 0 Å². The van der Waals surface area contributed by atoms with Crippen LogP contribution in [0, 0.1) is 3.57 Å². The van der Waals surface area contributed by atoms with E-state index in [0.717, 1.165) is 6.42 Å². The molecule has 1 aliphatic carbocycles. The Labute approximate surface area is 168 Å². The lowest BCUT2D eigenvalue weighted by molar-refractivity contribution is 0.547. The van der Waals surface area contributed by atoms with Gasteiger partial charge in [0.15, 0.2) is 0 Å². The summed E-state index contributed by atoms with van der Waals surface area (Å²) in [6.07, 6.45) is 9.81. The number of hydrogen-bond donors (Lipinski definition) is 0. The van der Waals surface area contributed by atoms with Crippen LogP contribution < -0.4 is 4.90 Å². The summed E-state index contributed by atoms with van der Waals surface area (Å²) in [4.78, 5) is 2.46. The third kappa shape index (κ3) is 3.21. The number of anilines is 2. The lowest BCUT2D eigenvalue weighted by atomic mass is 9.81. The molecule has 0 fully saturated rings. The predicted octanol–water partition coefficient (Wildman–Crippen LogP) is 6.84. The van der Waals surface area contributed by atoms with Gasteiger partial charge in [0.1, 0.15) is 0 Å². The van der Waals surface area contributed by atoms with Crippen LogP contribution in [0.3, 0.4) is 0 Å². The topological polar surface area (TPSA) is 3.24 Å². The third-order valence-electron chi connectivity index (χ3n) is 4.82. The van der Waals surface area contributed by atoms with E-state index in [0.29, 0.717) is 0 Å². The molecule has 4 rings (SSSR count). The Morgan fingerprint density at radius 1 is 0.692 bits per heavy atom. The summed E-state index contributed by atoms with van der Waals surface area (Å²) in [5.74, 6) is 0. The molecule has 26 heavy (non-hydrogen) atoms. The molecule has 1 unspecified atom stereocenters. The second kappa shape index (κ2) is 7.50. The lowest BCUT2D eigenvalue weighted by Crippen LogP contribution is -2.42. The van der Waals surface area contributed by atoms with Crippen molar-refractivity contribution in [3.63, 3.8) is 0 Å². The molecule has 0 spiro atoms. The highest BCUT2D eigenvalue weighted by Crippen LogP contribution is 2.44. The highest BCUT2D eigenvalue weighted by atomic mass is 127. The second-order valence-corrected chi connectivity index (χ2v) is 7.67. The van der Waals surface area contributed by atoms with Crippen molar-refractivity contribution >= 4 is 34.0 Å². The van der Waals surface area contributed by atoms with Crippen LogP contribution in [0.15, 0.2) is 109 Å². The molecule has 3 aromatic carbocycles. The number of hydrogen-bond acceptors (Lipinski definition) is 1. The second-order valence-electron chi connectivity index (χ2n) is 6.43. The first-order valence-electron chi connectivity index (χ1n) is 8.80. The monoisotopic (exact) mass is 449 g/mol. The average molecular weight is 449 g/mol. The van der Waals surface area contributed by atoms with E-state index in [9.17, 15) is 0 Å². The summed E-state index contributed by atoms with van der Waals surface area (Å²) in [5, 5.41) is 0. The maximum Gasteiger partial charge on any atom is 0.0923 e. The van der Waals surface area contributed by atoms with Crippen molar-refractivity contribution in [1.82, 2.24) is 0 Å². The molecule has 0 radical (unpaired) electrons. The molecule has 0 N–H and O–H groups in total. The predicted molar refractivity (Wildman–Crippen MR) is 119 cm³/mol. The first-order chi connectivity index (χ1) is 12.8. The van der Waals surface area contributed by atoms with Crippen molar-refractivity contribution in [2.24, 2.45) is 0 Å². The van der Waals surface area contributed by atoms with Gasteiger partial charge in [0.2, 0.25) is 0 Å². The van der Waals surface area contributed by atoms with Crippen molar-refractivity contribution < 1.29 is 0 Å². The van der Waals surface area contributed by atoms with Crippen molar-refractivity contribution in [3.05, 3.63) is 118 Å². The van der Waals surface area contributed by atoms with Crippen LogP contribution in [0.2, 0.25) is 0 Å². The quantitative estimate of drug-likeness (QED) is 0.394. The largest absolute Gasteiger partial charge is 0.327 e. The summed E-state index contributed by atoms with van der Waals surface area (Å²) in [6.45, 7) is 0. The summed E-state index contributed by atoms with van der Waals surface area (Å²) in [6, 6.07) is 30.2. The van der Waals surface area contributed by atoms with Crippen molar-refractivity contribution in [2.45, 2.75) is 12.0 Å². The molecule has 128 valence electrons. The van der Waals surface area contributed by atoms with Crippen molar-refractivity contribution in [1.29, 1.82) is 0 Å². The maximum atomic E-state index is 2.46. The van der Waals surface area contributed by atoms with Gasteiger partial charge in [-0.15, -0.1) is 0 Å². The Morgan fingerprint density at radius 3 is 1.92 bits per heavy atom. The van der Waals surface area contributed by atoms with Gasteiger partial charge >= 0.3 is 0 Å². The summed E-state index contributed by atoms with van der Waals surface area (Å²) >= 11 is 2.36. The third-order valence-corrected chi connectivity index (χ3v) is 5.54. The van der Waals surface area contributed by atoms with E-state index in [1.165, 1.54) is 20.5 Å². The molecule has 0 amide bonds. The number of rotatable bonds is 4. The Morgan fingerprint density at radius 2 is 1.31 bits per heavy atom. The van der Waals surface area contributed by atoms with Gasteiger partial charge in [-0.25, -0.2) is 0 Å². The van der Waals surface area contributed by atoms with E-state index in [-0.39, 0.29) is 5.54 Å². The van der Waals surface area contributed by atoms with Gasteiger partial charge < -0.3 is 4.90 Å². The van der Waals surface area contributed by atoms with Crippen molar-refractivity contribution in [2.75, 3.05) is 4.90 Å². The van der Waals surface area contributed by atoms with Crippen molar-refractivity contribution in [3.8, 4) is 0 Å². The summed E-state index contributed by atoms with van der Waals surface area (Å²) in [5.41, 5.74) is 3.44. The van der Waals surface area contributed by atoms with Gasteiger partial charge in [-0.2, -0.15) is 0 Å². The first kappa shape index (κ1) is 17.1. The van der Waals surface area contributed by atoms with Crippen LogP contribution in [0.25, 0.3) is 0 Å². The fraction of sp³-hybridized carbons (Fsp3) is 0.0833. The highest BCUT2D eigenvalue weighted by molar-refractivity contribution is 14.1. The number of nitrogens with zero attached hydrogens (tertiary/aromatic N) is 1. The first-order valence-corrected chi connectivity index (χ1v) is 9.88. The molecular formula is C24H20IN. The van der Waals surface area contributed by atoms with Crippen LogP contribution in [0.5, 0.6) is 0 Å². The molecule has 0 bridgehead atoms. The Kier molecular flexibility index (Phi) is 4.93. The molecule has 0 saturated carbocycles. The summed E-state index contributed by atoms with van der Waals surface area (Å²) < 4.78 is 1.24. The van der Waals surface area contributed by atoms with Gasteiger partial charge in [-0.3, -0.25) is 0 Å². The van der Waals surface area contributed by atoms with E-state index in [1.807, 2.05) is 0 Å². The Hall–Kier alpha value is -2.33. The molecule has 0 saturated heterocycles. The molecule has 3 aromatic rings. The van der Waals surface area contributed by atoms with Crippen LogP contribution >= 0.6 is 22.6 Å². The molecule has 0 aliphatic heterocycles. The average Bonchev–Trinajstić information content (AvgIpc) is 2.72. The minimum absolute atomic E-state index is 0.246.